The lowest BCUT2D eigenvalue weighted by molar-refractivity contribution is -0.393. The molecular weight excluding hydrogens is 441 g/mol. The average molecular weight is 459 g/mol. The largest absolute Gasteiger partial charge is 0.472 e. The van der Waals surface area contributed by atoms with Gasteiger partial charge in [-0.1, -0.05) is 5.10 Å². The highest BCUT2D eigenvalue weighted by Crippen LogP contribution is 2.36. The Morgan fingerprint density at radius 1 is 1.23 bits per heavy atom. The second-order valence-electron chi connectivity index (χ2n) is 6.20. The molecule has 2 heterocycles. The van der Waals surface area contributed by atoms with E-state index in [2.05, 4.69) is 14.9 Å². The van der Waals surface area contributed by atoms with Gasteiger partial charge in [0.1, 0.15) is 5.78 Å². The highest BCUT2D eigenvalue weighted by Gasteiger charge is 2.26. The lowest BCUT2D eigenvalue weighted by Crippen LogP contribution is -2.32. The molecule has 1 aliphatic rings. The topological polar surface area (TPSA) is 211 Å². The van der Waals surface area contributed by atoms with E-state index in [1.165, 1.54) is 0 Å². The number of nitro groups is 1. The van der Waals surface area contributed by atoms with Gasteiger partial charge in [0, 0.05) is 38.1 Å². The molecule has 1 aromatic heterocycles. The molecule has 0 aromatic carbocycles. The van der Waals surface area contributed by atoms with Crippen LogP contribution in [0.15, 0.2) is 18.2 Å². The summed E-state index contributed by atoms with van der Waals surface area (Å²) >= 11 is 0. The number of nitrogens with one attached hydrogen (secondary N) is 1. The Bertz CT molecular complexity index is 963. The van der Waals surface area contributed by atoms with Crippen LogP contribution in [0.4, 0.5) is 5.82 Å². The number of carbonyl (C=O) groups is 4. The van der Waals surface area contributed by atoms with E-state index in [-0.39, 0.29) is 43.8 Å². The number of hydrogen-bond donors (Lipinski definition) is 3. The minimum Gasteiger partial charge on any atom is -0.358 e. The van der Waals surface area contributed by atoms with E-state index < -0.39 is 43.0 Å². The fraction of sp³-hybridized carbons (Fsp3) is 0.400. The molecule has 3 amide bonds. The normalized spacial score (nSPS) is 13.7. The molecule has 0 saturated heterocycles. The summed E-state index contributed by atoms with van der Waals surface area (Å²) in [6.07, 6.45) is 2.51. The number of Topliss-reactive ketones (excluding diaryl/α,β-unsaturated/α-hetero) is 1. The summed E-state index contributed by atoms with van der Waals surface area (Å²) in [5, 5.41) is 17.0. The van der Waals surface area contributed by atoms with Gasteiger partial charge in [-0.25, -0.2) is 9.09 Å². The quantitative estimate of drug-likeness (QED) is 0.116. The highest BCUT2D eigenvalue weighted by atomic mass is 31.2. The molecule has 3 N–H and O–H groups in total. The molecule has 0 radical (unpaired) electrons. The Morgan fingerprint density at radius 2 is 1.87 bits per heavy atom. The number of phosphoric acid groups is 1. The Labute approximate surface area is 174 Å². The van der Waals surface area contributed by atoms with Crippen molar-refractivity contribution in [3.63, 3.8) is 0 Å². The fourth-order valence-corrected chi connectivity index (χ4v) is 2.74. The van der Waals surface area contributed by atoms with Crippen LogP contribution < -0.4 is 5.32 Å². The van der Waals surface area contributed by atoms with E-state index in [9.17, 15) is 33.9 Å². The number of ketones is 1. The Kier molecular flexibility index (Phi) is 7.88. The number of rotatable bonds is 12. The summed E-state index contributed by atoms with van der Waals surface area (Å²) in [7, 11) is -4.91. The van der Waals surface area contributed by atoms with Gasteiger partial charge in [-0.3, -0.25) is 24.1 Å². The van der Waals surface area contributed by atoms with E-state index in [0.717, 1.165) is 23.1 Å². The summed E-state index contributed by atoms with van der Waals surface area (Å²) in [4.78, 5) is 75.1. The molecule has 1 aliphatic heterocycles. The average Bonchev–Trinajstić information content (AvgIpc) is 3.25. The van der Waals surface area contributed by atoms with E-state index >= 15 is 0 Å². The number of phosphoric ester groups is 1. The first-order chi connectivity index (χ1) is 14.5. The van der Waals surface area contributed by atoms with Crippen molar-refractivity contribution in [1.82, 2.24) is 20.0 Å². The van der Waals surface area contributed by atoms with E-state index in [1.54, 1.807) is 0 Å². The van der Waals surface area contributed by atoms with Gasteiger partial charge in [-0.2, -0.15) is 0 Å². The molecule has 0 spiro atoms. The molecular formula is C15H18N5O10P. The summed E-state index contributed by atoms with van der Waals surface area (Å²) < 4.78 is 15.4. The molecule has 16 heteroatoms. The van der Waals surface area contributed by atoms with Gasteiger partial charge in [0.05, 0.1) is 6.07 Å². The maximum absolute atomic E-state index is 12.1. The van der Waals surface area contributed by atoms with E-state index in [1.807, 2.05) is 0 Å². The van der Waals surface area contributed by atoms with Gasteiger partial charge in [0.2, 0.25) is 6.73 Å². The smallest absolute Gasteiger partial charge is 0.358 e. The van der Waals surface area contributed by atoms with E-state index in [4.69, 9.17) is 9.79 Å². The number of hydrogen-bond acceptors (Lipinski definition) is 9. The Hall–Kier alpha value is -3.26. The summed E-state index contributed by atoms with van der Waals surface area (Å²) in [6.45, 7) is -0.944. The molecule has 0 bridgehead atoms. The summed E-state index contributed by atoms with van der Waals surface area (Å²) in [6, 6.07) is 0.807. The zero-order chi connectivity index (χ0) is 23.2. The predicted octanol–water partition coefficient (Wildman–Crippen LogP) is -0.748. The third-order valence-corrected chi connectivity index (χ3v) is 4.41. The van der Waals surface area contributed by atoms with Crippen LogP contribution in [-0.2, 0) is 30.2 Å². The minimum atomic E-state index is -4.91. The van der Waals surface area contributed by atoms with Crippen molar-refractivity contribution in [3.05, 3.63) is 34.0 Å². The van der Waals surface area contributed by atoms with Crippen LogP contribution in [0.5, 0.6) is 0 Å². The van der Waals surface area contributed by atoms with Gasteiger partial charge in [0.25, 0.3) is 17.7 Å². The number of imide groups is 1. The van der Waals surface area contributed by atoms with Gasteiger partial charge >= 0.3 is 13.6 Å². The highest BCUT2D eigenvalue weighted by molar-refractivity contribution is 7.46. The third kappa shape index (κ3) is 7.18. The van der Waals surface area contributed by atoms with Crippen molar-refractivity contribution in [2.24, 2.45) is 0 Å². The molecule has 168 valence electrons. The van der Waals surface area contributed by atoms with Crippen LogP contribution in [0.1, 0.15) is 29.8 Å². The van der Waals surface area contributed by atoms with Crippen LogP contribution in [0.25, 0.3) is 0 Å². The zero-order valence-corrected chi connectivity index (χ0v) is 16.8. The molecule has 1 aromatic rings. The summed E-state index contributed by atoms with van der Waals surface area (Å²) in [5.41, 5.74) is -0.383. The van der Waals surface area contributed by atoms with Gasteiger partial charge in [-0.15, -0.1) is 4.68 Å². The first-order valence-corrected chi connectivity index (χ1v) is 10.3. The minimum absolute atomic E-state index is 0.0245. The lowest BCUT2D eigenvalue weighted by atomic mass is 10.1. The summed E-state index contributed by atoms with van der Waals surface area (Å²) in [5.74, 6) is -2.70. The van der Waals surface area contributed by atoms with Crippen molar-refractivity contribution in [2.45, 2.75) is 26.0 Å². The molecule has 0 aliphatic carbocycles. The number of aromatic nitrogens is 2. The van der Waals surface area contributed by atoms with Gasteiger partial charge < -0.3 is 25.2 Å². The molecule has 0 unspecified atom stereocenters. The molecule has 31 heavy (non-hydrogen) atoms. The van der Waals surface area contributed by atoms with Crippen LogP contribution in [0.2, 0.25) is 0 Å². The van der Waals surface area contributed by atoms with Crippen molar-refractivity contribution in [3.8, 4) is 0 Å². The van der Waals surface area contributed by atoms with Crippen molar-refractivity contribution in [2.75, 3.05) is 13.1 Å². The Morgan fingerprint density at radius 3 is 2.45 bits per heavy atom. The van der Waals surface area contributed by atoms with Crippen molar-refractivity contribution < 1.29 is 43.0 Å². The predicted molar refractivity (Wildman–Crippen MR) is 99.1 cm³/mol. The fourth-order valence-electron chi connectivity index (χ4n) is 2.48. The maximum atomic E-state index is 12.1. The molecule has 0 atom stereocenters. The molecule has 2 rings (SSSR count). The Balaban J connectivity index is 1.78. The third-order valence-electron chi connectivity index (χ3n) is 3.96. The van der Waals surface area contributed by atoms with Crippen LogP contribution >= 0.6 is 7.82 Å². The second kappa shape index (κ2) is 10.2. The van der Waals surface area contributed by atoms with Crippen molar-refractivity contribution >= 4 is 37.1 Å². The maximum Gasteiger partial charge on any atom is 0.472 e. The second-order valence-corrected chi connectivity index (χ2v) is 7.44. The first-order valence-electron chi connectivity index (χ1n) is 8.73. The number of nitrogens with zero attached hydrogens (tertiary/aromatic N) is 4. The van der Waals surface area contributed by atoms with Gasteiger partial charge in [0.15, 0.2) is 5.69 Å². The number of amides is 3. The first kappa shape index (κ1) is 24.0. The molecule has 0 saturated carbocycles. The van der Waals surface area contributed by atoms with Crippen LogP contribution in [0.3, 0.4) is 0 Å². The molecule has 15 nitrogen and oxygen atoms in total. The SMILES string of the molecule is O=C(CCCNC(=O)c1cc([N+](=O)[O-])n(COP(=O)(O)O)n1)CCN1C(=O)C=CC1=O. The van der Waals surface area contributed by atoms with Crippen LogP contribution in [0, 0.1) is 10.1 Å². The monoisotopic (exact) mass is 459 g/mol. The van der Waals surface area contributed by atoms with Gasteiger partial charge in [-0.05, 0) is 11.3 Å². The zero-order valence-electron chi connectivity index (χ0n) is 15.9. The molecule has 0 fully saturated rings. The van der Waals surface area contributed by atoms with Crippen molar-refractivity contribution in [1.29, 1.82) is 0 Å². The number of carbonyl (C=O) groups excluding carboxylic acids is 4. The van der Waals surface area contributed by atoms with Crippen LogP contribution in [-0.4, -0.2) is 66.0 Å². The van der Waals surface area contributed by atoms with E-state index in [0.29, 0.717) is 4.68 Å². The lowest BCUT2D eigenvalue weighted by Gasteiger charge is -2.12. The standard InChI is InChI=1S/C15H18N5O10P/c21-10(5-7-18-13(22)3-4-14(18)23)2-1-6-16-15(24)11-8-12(20(25)26)19(17-11)9-30-31(27,28)29/h3-4,8H,1-2,5-7,9H2,(H,16,24)(H2,27,28,29).